The van der Waals surface area contributed by atoms with Gasteiger partial charge in [0, 0.05) is 6.54 Å². The minimum atomic E-state index is -0.750. The Morgan fingerprint density at radius 2 is 2.23 bits per heavy atom. The monoisotopic (exact) mass is 302 g/mol. The first-order chi connectivity index (χ1) is 10.5. The van der Waals surface area contributed by atoms with Crippen LogP contribution in [-0.2, 0) is 10.3 Å². The number of amides is 1. The van der Waals surface area contributed by atoms with Gasteiger partial charge in [0.25, 0.3) is 5.91 Å². The molecule has 1 amide bonds. The molecule has 0 aromatic carbocycles. The Labute approximate surface area is 129 Å². The third-order valence-electron chi connectivity index (χ3n) is 4.48. The van der Waals surface area contributed by atoms with Crippen molar-refractivity contribution >= 4 is 5.91 Å². The fraction of sp³-hybridized carbons (Fsp3) is 0.600. The van der Waals surface area contributed by atoms with Gasteiger partial charge in [0.05, 0.1) is 17.9 Å². The number of piperidine rings is 1. The molecule has 1 saturated heterocycles. The lowest BCUT2D eigenvalue weighted by Crippen LogP contribution is -2.50. The number of nitrogens with one attached hydrogen (secondary N) is 1. The first-order valence-corrected chi connectivity index (χ1v) is 7.68. The summed E-state index contributed by atoms with van der Waals surface area (Å²) in [7, 11) is 0. The summed E-state index contributed by atoms with van der Waals surface area (Å²) in [6.45, 7) is 6.56. The van der Waals surface area contributed by atoms with Crippen molar-refractivity contribution in [2.45, 2.75) is 51.6 Å². The second-order valence-corrected chi connectivity index (χ2v) is 6.38. The largest absolute Gasteiger partial charge is 0.332 e. The van der Waals surface area contributed by atoms with Crippen LogP contribution in [0.3, 0.4) is 0 Å². The van der Waals surface area contributed by atoms with E-state index >= 15 is 0 Å². The average Bonchev–Trinajstić information content (AvgIpc) is 3.18. The molecule has 7 nitrogen and oxygen atoms in total. The molecule has 7 heteroatoms. The zero-order valence-corrected chi connectivity index (χ0v) is 13.3. The number of carbonyl (C=O) groups excluding carboxylic acids is 1. The lowest BCUT2D eigenvalue weighted by Gasteiger charge is -2.40. The van der Waals surface area contributed by atoms with Crippen LogP contribution in [0.1, 0.15) is 50.4 Å². The summed E-state index contributed by atoms with van der Waals surface area (Å²) in [5, 5.41) is 11.3. The number of aromatic nitrogens is 5. The Bertz CT molecular complexity index is 645. The zero-order chi connectivity index (χ0) is 15.7. The van der Waals surface area contributed by atoms with E-state index in [0.29, 0.717) is 0 Å². The smallest absolute Gasteiger partial charge is 0.250 e. The molecular formula is C15H22N6O. The highest BCUT2D eigenvalue weighted by atomic mass is 16.2. The molecule has 118 valence electrons. The van der Waals surface area contributed by atoms with E-state index in [1.165, 1.54) is 6.33 Å². The summed E-state index contributed by atoms with van der Waals surface area (Å²) in [4.78, 5) is 19.1. The Balaban J connectivity index is 1.91. The van der Waals surface area contributed by atoms with Crippen LogP contribution in [0, 0.1) is 6.92 Å². The topological polar surface area (TPSA) is 79.7 Å². The molecule has 2 aromatic heterocycles. The number of carbonyl (C=O) groups is 1. The van der Waals surface area contributed by atoms with Crippen molar-refractivity contribution in [2.75, 3.05) is 6.54 Å². The average molecular weight is 302 g/mol. The summed E-state index contributed by atoms with van der Waals surface area (Å²) < 4.78 is 1.63. The molecule has 1 fully saturated rings. The van der Waals surface area contributed by atoms with E-state index in [1.54, 1.807) is 11.0 Å². The first-order valence-electron chi connectivity index (χ1n) is 7.68. The van der Waals surface area contributed by atoms with Gasteiger partial charge in [-0.2, -0.15) is 10.2 Å². The number of aryl methyl sites for hydroxylation is 1. The zero-order valence-electron chi connectivity index (χ0n) is 13.3. The Morgan fingerprint density at radius 3 is 2.86 bits per heavy atom. The number of rotatable bonds is 3. The van der Waals surface area contributed by atoms with Crippen LogP contribution in [0.2, 0.25) is 0 Å². The van der Waals surface area contributed by atoms with Gasteiger partial charge in [-0.1, -0.05) is 0 Å². The van der Waals surface area contributed by atoms with Crippen LogP contribution in [-0.4, -0.2) is 42.3 Å². The van der Waals surface area contributed by atoms with E-state index in [-0.39, 0.29) is 11.9 Å². The third kappa shape index (κ3) is 2.40. The molecule has 0 bridgehead atoms. The lowest BCUT2D eigenvalue weighted by atomic mass is 9.94. The van der Waals surface area contributed by atoms with E-state index in [1.807, 2.05) is 31.9 Å². The molecule has 1 N–H and O–H groups in total. The molecule has 0 aliphatic carbocycles. The number of nitrogens with zero attached hydrogens (tertiary/aromatic N) is 5. The van der Waals surface area contributed by atoms with Gasteiger partial charge < -0.3 is 4.90 Å². The molecule has 3 rings (SSSR count). The summed E-state index contributed by atoms with van der Waals surface area (Å²) in [6, 6.07) is 0.0616. The van der Waals surface area contributed by atoms with Crippen LogP contribution in [0.5, 0.6) is 0 Å². The van der Waals surface area contributed by atoms with Crippen molar-refractivity contribution in [3.05, 3.63) is 30.1 Å². The normalized spacial score (nSPS) is 19.4. The van der Waals surface area contributed by atoms with Crippen LogP contribution >= 0.6 is 0 Å². The molecule has 1 aliphatic rings. The predicted octanol–water partition coefficient (Wildman–Crippen LogP) is 1.80. The molecule has 1 atom stereocenters. The third-order valence-corrected chi connectivity index (χ3v) is 4.48. The van der Waals surface area contributed by atoms with Crippen molar-refractivity contribution in [1.82, 2.24) is 29.9 Å². The summed E-state index contributed by atoms with van der Waals surface area (Å²) in [5.41, 5.74) is 1.39. The number of hydrogen-bond acceptors (Lipinski definition) is 4. The highest BCUT2D eigenvalue weighted by Crippen LogP contribution is 2.34. The van der Waals surface area contributed by atoms with Crippen molar-refractivity contribution in [1.29, 1.82) is 0 Å². The van der Waals surface area contributed by atoms with E-state index in [2.05, 4.69) is 20.3 Å². The fourth-order valence-electron chi connectivity index (χ4n) is 3.11. The maximum Gasteiger partial charge on any atom is 0.250 e. The maximum absolute atomic E-state index is 13.1. The molecule has 22 heavy (non-hydrogen) atoms. The molecule has 0 radical (unpaired) electrons. The Hall–Kier alpha value is -2.18. The van der Waals surface area contributed by atoms with Crippen LogP contribution in [0.4, 0.5) is 0 Å². The van der Waals surface area contributed by atoms with Crippen LogP contribution < -0.4 is 0 Å². The predicted molar refractivity (Wildman–Crippen MR) is 81.0 cm³/mol. The van der Waals surface area contributed by atoms with Gasteiger partial charge in [-0.25, -0.2) is 9.67 Å². The van der Waals surface area contributed by atoms with Gasteiger partial charge in [-0.3, -0.25) is 9.89 Å². The van der Waals surface area contributed by atoms with Crippen molar-refractivity contribution < 1.29 is 4.79 Å². The standard InChI is InChI=1S/C15H22N6O/c1-11-8-17-19-13(11)12-6-4-5-7-20(12)14(22)15(2,3)21-10-16-9-18-21/h8-10,12H,4-7H2,1-3H3,(H,17,19). The molecular weight excluding hydrogens is 280 g/mol. The molecule has 3 heterocycles. The van der Waals surface area contributed by atoms with Crippen molar-refractivity contribution in [3.8, 4) is 0 Å². The van der Waals surface area contributed by atoms with E-state index < -0.39 is 5.54 Å². The van der Waals surface area contributed by atoms with Crippen LogP contribution in [0.15, 0.2) is 18.9 Å². The van der Waals surface area contributed by atoms with E-state index in [4.69, 9.17) is 0 Å². The molecule has 1 aliphatic heterocycles. The molecule has 0 spiro atoms. The van der Waals surface area contributed by atoms with E-state index in [0.717, 1.165) is 37.1 Å². The van der Waals surface area contributed by atoms with Gasteiger partial charge >= 0.3 is 0 Å². The number of aromatic amines is 1. The van der Waals surface area contributed by atoms with E-state index in [9.17, 15) is 4.79 Å². The number of hydrogen-bond donors (Lipinski definition) is 1. The highest BCUT2D eigenvalue weighted by Gasteiger charge is 2.39. The quantitative estimate of drug-likeness (QED) is 0.937. The number of H-pyrrole nitrogens is 1. The molecule has 2 aromatic rings. The van der Waals surface area contributed by atoms with Gasteiger partial charge in [0.2, 0.25) is 0 Å². The second kappa shape index (κ2) is 5.55. The SMILES string of the molecule is Cc1cn[nH]c1C1CCCCN1C(=O)C(C)(C)n1cncn1. The van der Waals surface area contributed by atoms with Crippen LogP contribution in [0.25, 0.3) is 0 Å². The summed E-state index contributed by atoms with van der Waals surface area (Å²) in [5.74, 6) is 0.0664. The first kappa shape index (κ1) is 14.7. The van der Waals surface area contributed by atoms with Gasteiger partial charge in [0.1, 0.15) is 18.2 Å². The minimum Gasteiger partial charge on any atom is -0.332 e. The number of likely N-dealkylation sites (tertiary alicyclic amines) is 1. The highest BCUT2D eigenvalue weighted by molar-refractivity contribution is 5.84. The summed E-state index contributed by atoms with van der Waals surface area (Å²) in [6.07, 6.45) is 7.98. The lowest BCUT2D eigenvalue weighted by molar-refractivity contribution is -0.144. The van der Waals surface area contributed by atoms with Crippen molar-refractivity contribution in [2.24, 2.45) is 0 Å². The van der Waals surface area contributed by atoms with Gasteiger partial charge in [-0.15, -0.1) is 0 Å². The Morgan fingerprint density at radius 1 is 1.41 bits per heavy atom. The molecule has 1 unspecified atom stereocenters. The second-order valence-electron chi connectivity index (χ2n) is 6.38. The maximum atomic E-state index is 13.1. The van der Waals surface area contributed by atoms with Gasteiger partial charge in [-0.05, 0) is 45.6 Å². The van der Waals surface area contributed by atoms with Crippen molar-refractivity contribution in [3.63, 3.8) is 0 Å². The Kier molecular flexibility index (Phi) is 3.72. The summed E-state index contributed by atoms with van der Waals surface area (Å²) >= 11 is 0. The molecule has 0 saturated carbocycles. The fourth-order valence-corrected chi connectivity index (χ4v) is 3.11. The minimum absolute atomic E-state index is 0.0616. The van der Waals surface area contributed by atoms with Gasteiger partial charge in [0.15, 0.2) is 0 Å².